The van der Waals surface area contributed by atoms with E-state index in [0.717, 1.165) is 23.8 Å². The molecule has 0 N–H and O–H groups in total. The van der Waals surface area contributed by atoms with Crippen LogP contribution < -0.4 is 0 Å². The van der Waals surface area contributed by atoms with Gasteiger partial charge in [0.25, 0.3) is 0 Å². The molecule has 3 rings (SSSR count). The highest BCUT2D eigenvalue weighted by Gasteiger charge is 2.36. The van der Waals surface area contributed by atoms with Crippen LogP contribution in [0.25, 0.3) is 0 Å². The molecular formula is C15H20BrN. The van der Waals surface area contributed by atoms with Gasteiger partial charge in [0.1, 0.15) is 0 Å². The zero-order chi connectivity index (χ0) is 11.7. The van der Waals surface area contributed by atoms with Gasteiger partial charge >= 0.3 is 0 Å². The first kappa shape index (κ1) is 11.7. The second-order valence-corrected chi connectivity index (χ2v) is 6.16. The van der Waals surface area contributed by atoms with Gasteiger partial charge in [-0.3, -0.25) is 4.90 Å². The van der Waals surface area contributed by atoms with Crippen LogP contribution in [0.5, 0.6) is 0 Å². The van der Waals surface area contributed by atoms with Crippen LogP contribution in [-0.4, -0.2) is 22.8 Å². The minimum absolute atomic E-state index is 0.833. The zero-order valence-electron chi connectivity index (χ0n) is 10.2. The molecule has 0 radical (unpaired) electrons. The van der Waals surface area contributed by atoms with Crippen molar-refractivity contribution in [2.24, 2.45) is 5.92 Å². The molecule has 0 bridgehead atoms. The van der Waals surface area contributed by atoms with Crippen LogP contribution in [0, 0.1) is 5.92 Å². The summed E-state index contributed by atoms with van der Waals surface area (Å²) in [6.45, 7) is 2.35. The largest absolute Gasteiger partial charge is 0.295 e. The molecule has 1 aliphatic carbocycles. The van der Waals surface area contributed by atoms with Gasteiger partial charge in [0, 0.05) is 24.5 Å². The number of benzene rings is 1. The first-order valence-electron chi connectivity index (χ1n) is 6.75. The molecule has 1 nitrogen and oxygen atoms in total. The van der Waals surface area contributed by atoms with Crippen LogP contribution in [0.2, 0.25) is 0 Å². The van der Waals surface area contributed by atoms with Gasteiger partial charge in [0.15, 0.2) is 0 Å². The molecule has 1 atom stereocenters. The zero-order valence-corrected chi connectivity index (χ0v) is 11.8. The smallest absolute Gasteiger partial charge is 0.0239 e. The molecule has 0 saturated heterocycles. The molecule has 0 unspecified atom stereocenters. The minimum atomic E-state index is 0.833. The van der Waals surface area contributed by atoms with E-state index in [4.69, 9.17) is 0 Å². The fourth-order valence-corrected chi connectivity index (χ4v) is 3.60. The number of aryl methyl sites for hydroxylation is 1. The first-order valence-corrected chi connectivity index (χ1v) is 7.87. The summed E-state index contributed by atoms with van der Waals surface area (Å²) in [5, 5.41) is 1.10. The van der Waals surface area contributed by atoms with E-state index in [9.17, 15) is 0 Å². The van der Waals surface area contributed by atoms with Crippen LogP contribution in [0.15, 0.2) is 24.3 Å². The summed E-state index contributed by atoms with van der Waals surface area (Å²) in [6.07, 6.45) is 5.55. The van der Waals surface area contributed by atoms with Crippen molar-refractivity contribution in [3.8, 4) is 0 Å². The third kappa shape index (κ3) is 2.58. The maximum atomic E-state index is 3.61. The van der Waals surface area contributed by atoms with Crippen molar-refractivity contribution in [3.05, 3.63) is 35.4 Å². The highest BCUT2D eigenvalue weighted by Crippen LogP contribution is 2.39. The highest BCUT2D eigenvalue weighted by atomic mass is 79.9. The summed E-state index contributed by atoms with van der Waals surface area (Å²) in [6, 6.07) is 9.83. The Balaban J connectivity index is 1.83. The Morgan fingerprint density at radius 1 is 1.12 bits per heavy atom. The van der Waals surface area contributed by atoms with Gasteiger partial charge < -0.3 is 0 Å². The topological polar surface area (TPSA) is 3.24 Å². The van der Waals surface area contributed by atoms with E-state index in [1.807, 2.05) is 0 Å². The lowest BCUT2D eigenvalue weighted by molar-refractivity contribution is 0.176. The number of nitrogens with zero attached hydrogens (tertiary/aromatic N) is 1. The first-order chi connectivity index (χ1) is 8.38. The molecule has 1 aliphatic heterocycles. The van der Waals surface area contributed by atoms with Gasteiger partial charge in [-0.25, -0.2) is 0 Å². The molecule has 2 aliphatic rings. The summed E-state index contributed by atoms with van der Waals surface area (Å²) >= 11 is 3.61. The Morgan fingerprint density at radius 3 is 2.59 bits per heavy atom. The van der Waals surface area contributed by atoms with Crippen molar-refractivity contribution < 1.29 is 0 Å². The summed E-state index contributed by atoms with van der Waals surface area (Å²) < 4.78 is 0. The van der Waals surface area contributed by atoms with Crippen molar-refractivity contribution in [2.45, 2.75) is 38.3 Å². The monoisotopic (exact) mass is 293 g/mol. The van der Waals surface area contributed by atoms with E-state index in [-0.39, 0.29) is 0 Å². The number of hydrogen-bond acceptors (Lipinski definition) is 1. The lowest BCUT2D eigenvalue weighted by Crippen LogP contribution is -2.36. The lowest BCUT2D eigenvalue weighted by atomic mass is 10.0. The SMILES string of the molecule is BrCCN1Cc2ccccc2CC[C@H]1C1CC1. The van der Waals surface area contributed by atoms with E-state index >= 15 is 0 Å². The molecule has 0 amide bonds. The standard InChI is InChI=1S/C15H20BrN/c16-9-10-17-11-14-4-2-1-3-12(14)7-8-15(17)13-5-6-13/h1-4,13,15H,5-11H2/t15-/m0/s1. The highest BCUT2D eigenvalue weighted by molar-refractivity contribution is 9.09. The maximum absolute atomic E-state index is 3.61. The van der Waals surface area contributed by atoms with Gasteiger partial charge in [-0.15, -0.1) is 0 Å². The average molecular weight is 294 g/mol. The Bertz CT molecular complexity index is 386. The molecule has 1 aromatic rings. The summed E-state index contributed by atoms with van der Waals surface area (Å²) in [7, 11) is 0. The average Bonchev–Trinajstić information content (AvgIpc) is 3.14. The second kappa shape index (κ2) is 5.11. The molecular weight excluding hydrogens is 274 g/mol. The summed E-state index contributed by atoms with van der Waals surface area (Å²) in [4.78, 5) is 2.71. The number of rotatable bonds is 3. The Labute approximate surface area is 112 Å². The maximum Gasteiger partial charge on any atom is 0.0239 e. The molecule has 17 heavy (non-hydrogen) atoms. The van der Waals surface area contributed by atoms with E-state index in [1.54, 1.807) is 11.1 Å². The third-order valence-corrected chi connectivity index (χ3v) is 4.56. The van der Waals surface area contributed by atoms with Gasteiger partial charge in [0.05, 0.1) is 0 Å². The lowest BCUT2D eigenvalue weighted by Gasteiger charge is -2.29. The van der Waals surface area contributed by atoms with Crippen LogP contribution >= 0.6 is 15.9 Å². The molecule has 92 valence electrons. The fourth-order valence-electron chi connectivity index (χ4n) is 3.15. The quantitative estimate of drug-likeness (QED) is 0.770. The normalized spacial score (nSPS) is 25.4. The van der Waals surface area contributed by atoms with E-state index in [0.29, 0.717) is 0 Å². The second-order valence-electron chi connectivity index (χ2n) is 5.37. The van der Waals surface area contributed by atoms with Crippen molar-refractivity contribution in [1.82, 2.24) is 4.90 Å². The van der Waals surface area contributed by atoms with Crippen molar-refractivity contribution >= 4 is 15.9 Å². The molecule has 0 spiro atoms. The number of halogens is 1. The van der Waals surface area contributed by atoms with Crippen molar-refractivity contribution in [3.63, 3.8) is 0 Å². The van der Waals surface area contributed by atoms with E-state index < -0.39 is 0 Å². The molecule has 1 fully saturated rings. The summed E-state index contributed by atoms with van der Waals surface area (Å²) in [5.74, 6) is 0.989. The predicted octanol–water partition coefficient (Wildman–Crippen LogP) is 3.61. The van der Waals surface area contributed by atoms with Crippen LogP contribution in [0.4, 0.5) is 0 Å². The summed E-state index contributed by atoms with van der Waals surface area (Å²) in [5.41, 5.74) is 3.13. The van der Waals surface area contributed by atoms with E-state index in [1.165, 1.54) is 32.2 Å². The molecule has 1 heterocycles. The Hall–Kier alpha value is -0.340. The van der Waals surface area contributed by atoms with Crippen LogP contribution in [0.3, 0.4) is 0 Å². The molecule has 0 aromatic heterocycles. The van der Waals surface area contributed by atoms with Gasteiger partial charge in [0.2, 0.25) is 0 Å². The fraction of sp³-hybridized carbons (Fsp3) is 0.600. The van der Waals surface area contributed by atoms with Crippen molar-refractivity contribution in [2.75, 3.05) is 11.9 Å². The van der Waals surface area contributed by atoms with Gasteiger partial charge in [-0.2, -0.15) is 0 Å². The third-order valence-electron chi connectivity index (χ3n) is 4.21. The van der Waals surface area contributed by atoms with Crippen LogP contribution in [-0.2, 0) is 13.0 Å². The molecule has 2 heteroatoms. The molecule has 1 aromatic carbocycles. The van der Waals surface area contributed by atoms with Crippen LogP contribution in [0.1, 0.15) is 30.4 Å². The van der Waals surface area contributed by atoms with Crippen molar-refractivity contribution in [1.29, 1.82) is 0 Å². The van der Waals surface area contributed by atoms with Gasteiger partial charge in [-0.05, 0) is 42.7 Å². The minimum Gasteiger partial charge on any atom is -0.295 e. The number of fused-ring (bicyclic) bond motifs is 1. The number of alkyl halides is 1. The Kier molecular flexibility index (Phi) is 3.53. The number of hydrogen-bond donors (Lipinski definition) is 0. The molecule has 1 saturated carbocycles. The Morgan fingerprint density at radius 2 is 1.88 bits per heavy atom. The predicted molar refractivity (Wildman–Crippen MR) is 75.5 cm³/mol. The van der Waals surface area contributed by atoms with E-state index in [2.05, 4.69) is 45.1 Å². The van der Waals surface area contributed by atoms with Gasteiger partial charge in [-0.1, -0.05) is 40.2 Å².